The molecule has 0 N–H and O–H groups in total. The smallest absolute Gasteiger partial charge is 0.410 e. The van der Waals surface area contributed by atoms with E-state index in [1.54, 1.807) is 4.90 Å². The lowest BCUT2D eigenvalue weighted by Crippen LogP contribution is -2.50. The van der Waals surface area contributed by atoms with Crippen LogP contribution < -0.4 is 4.90 Å². The van der Waals surface area contributed by atoms with Crippen molar-refractivity contribution in [2.75, 3.05) is 31.1 Å². The van der Waals surface area contributed by atoms with Gasteiger partial charge in [-0.3, -0.25) is 4.98 Å². The molecule has 8 nitrogen and oxygen atoms in total. The number of anilines is 1. The van der Waals surface area contributed by atoms with Crippen molar-refractivity contribution in [1.82, 2.24) is 24.5 Å². The summed E-state index contributed by atoms with van der Waals surface area (Å²) in [4.78, 5) is 25.9. The lowest BCUT2D eigenvalue weighted by atomic mass is 9.96. The van der Waals surface area contributed by atoms with Gasteiger partial charge in [-0.25, -0.2) is 14.3 Å². The summed E-state index contributed by atoms with van der Waals surface area (Å²) in [7, 11) is 0. The number of amides is 1. The lowest BCUT2D eigenvalue weighted by Gasteiger charge is -2.36. The third-order valence-corrected chi connectivity index (χ3v) is 5.82. The standard InChI is InChI=1S/C24H32N6O2/c1-6-17(2)21-18(8-7-10-25-21)19-16-26-30-11-9-20(27-22(19)30)28-12-14-29(15-13-28)23(31)32-24(3,4)5/h7-11,16-17H,6,12-15H2,1-5H3. The third-order valence-electron chi connectivity index (χ3n) is 5.82. The first-order chi connectivity index (χ1) is 15.3. The first-order valence-electron chi connectivity index (χ1n) is 11.3. The topological polar surface area (TPSA) is 75.9 Å². The van der Waals surface area contributed by atoms with Crippen molar-refractivity contribution >= 4 is 17.6 Å². The Morgan fingerprint density at radius 1 is 1.16 bits per heavy atom. The fraction of sp³-hybridized carbons (Fsp3) is 0.500. The molecule has 0 saturated carbocycles. The van der Waals surface area contributed by atoms with Gasteiger partial charge in [0.25, 0.3) is 0 Å². The molecule has 0 aromatic carbocycles. The van der Waals surface area contributed by atoms with E-state index in [1.807, 2.05) is 56.0 Å². The minimum absolute atomic E-state index is 0.257. The summed E-state index contributed by atoms with van der Waals surface area (Å²) in [5, 5.41) is 4.52. The zero-order valence-electron chi connectivity index (χ0n) is 19.6. The summed E-state index contributed by atoms with van der Waals surface area (Å²) < 4.78 is 7.31. The van der Waals surface area contributed by atoms with E-state index in [0.29, 0.717) is 32.1 Å². The first-order valence-corrected chi connectivity index (χ1v) is 11.3. The Kier molecular flexibility index (Phi) is 6.04. The molecule has 1 fully saturated rings. The third kappa shape index (κ3) is 4.54. The number of carbonyl (C=O) groups excluding carboxylic acids is 1. The van der Waals surface area contributed by atoms with E-state index in [-0.39, 0.29) is 6.09 Å². The SMILES string of the molecule is CCC(C)c1ncccc1-c1cnn2ccc(N3CCN(C(=O)OC(C)(C)C)CC3)nc12. The quantitative estimate of drug-likeness (QED) is 0.605. The molecule has 0 aliphatic carbocycles. The summed E-state index contributed by atoms with van der Waals surface area (Å²) in [6.07, 6.45) is 6.42. The molecule has 1 saturated heterocycles. The number of pyridine rings is 1. The molecule has 0 spiro atoms. The molecule has 1 aliphatic rings. The second kappa shape index (κ2) is 8.76. The number of piperazine rings is 1. The summed E-state index contributed by atoms with van der Waals surface area (Å²) in [5.74, 6) is 1.24. The Morgan fingerprint density at radius 3 is 2.59 bits per heavy atom. The summed E-state index contributed by atoms with van der Waals surface area (Å²) >= 11 is 0. The number of aromatic nitrogens is 4. The molecule has 1 unspecified atom stereocenters. The largest absolute Gasteiger partial charge is 0.444 e. The Hall–Kier alpha value is -3.16. The van der Waals surface area contributed by atoms with Gasteiger partial charge in [0.05, 0.1) is 11.9 Å². The minimum Gasteiger partial charge on any atom is -0.444 e. The van der Waals surface area contributed by atoms with E-state index in [9.17, 15) is 4.79 Å². The summed E-state index contributed by atoms with van der Waals surface area (Å²) in [5.41, 5.74) is 3.47. The maximum absolute atomic E-state index is 12.4. The van der Waals surface area contributed by atoms with Crippen molar-refractivity contribution in [2.45, 2.75) is 52.6 Å². The average molecular weight is 437 g/mol. The second-order valence-corrected chi connectivity index (χ2v) is 9.31. The molecule has 4 heterocycles. The Morgan fingerprint density at radius 2 is 1.91 bits per heavy atom. The highest BCUT2D eigenvalue weighted by Gasteiger charge is 2.26. The summed E-state index contributed by atoms with van der Waals surface area (Å²) in [6.45, 7) is 12.7. The van der Waals surface area contributed by atoms with Crippen LogP contribution >= 0.6 is 0 Å². The molecule has 3 aromatic rings. The molecule has 0 radical (unpaired) electrons. The van der Waals surface area contributed by atoms with E-state index in [1.165, 1.54) is 0 Å². The molecule has 8 heteroatoms. The van der Waals surface area contributed by atoms with Crippen LogP contribution in [0.25, 0.3) is 16.8 Å². The van der Waals surface area contributed by atoms with Crippen molar-refractivity contribution < 1.29 is 9.53 Å². The van der Waals surface area contributed by atoms with Gasteiger partial charge >= 0.3 is 6.09 Å². The predicted molar refractivity (Wildman–Crippen MR) is 125 cm³/mol. The lowest BCUT2D eigenvalue weighted by molar-refractivity contribution is 0.0240. The second-order valence-electron chi connectivity index (χ2n) is 9.31. The number of hydrogen-bond donors (Lipinski definition) is 0. The number of carbonyl (C=O) groups is 1. The van der Waals surface area contributed by atoms with Gasteiger partial charge in [0.1, 0.15) is 11.4 Å². The van der Waals surface area contributed by atoms with Crippen molar-refractivity contribution in [3.63, 3.8) is 0 Å². The van der Waals surface area contributed by atoms with Crippen molar-refractivity contribution in [2.24, 2.45) is 0 Å². The Labute approximate surface area is 189 Å². The van der Waals surface area contributed by atoms with E-state index >= 15 is 0 Å². The molecular weight excluding hydrogens is 404 g/mol. The van der Waals surface area contributed by atoms with Crippen LogP contribution in [0.1, 0.15) is 52.7 Å². The molecule has 32 heavy (non-hydrogen) atoms. The Balaban J connectivity index is 1.57. The van der Waals surface area contributed by atoms with Crippen LogP contribution in [0.5, 0.6) is 0 Å². The van der Waals surface area contributed by atoms with Gasteiger partial charge in [-0.05, 0) is 45.2 Å². The monoisotopic (exact) mass is 436 g/mol. The van der Waals surface area contributed by atoms with Crippen molar-refractivity contribution in [3.05, 3.63) is 42.5 Å². The van der Waals surface area contributed by atoms with Gasteiger partial charge in [-0.15, -0.1) is 0 Å². The van der Waals surface area contributed by atoms with Gasteiger partial charge in [-0.1, -0.05) is 19.9 Å². The maximum Gasteiger partial charge on any atom is 0.410 e. The fourth-order valence-electron chi connectivity index (χ4n) is 3.90. The molecule has 1 amide bonds. The van der Waals surface area contributed by atoms with Crippen molar-refractivity contribution in [1.29, 1.82) is 0 Å². The van der Waals surface area contributed by atoms with Crippen LogP contribution in [-0.2, 0) is 4.74 Å². The van der Waals surface area contributed by atoms with Crippen LogP contribution in [0.15, 0.2) is 36.8 Å². The minimum atomic E-state index is -0.486. The normalized spacial score (nSPS) is 15.8. The highest BCUT2D eigenvalue weighted by Crippen LogP contribution is 2.32. The number of nitrogens with zero attached hydrogens (tertiary/aromatic N) is 6. The number of ether oxygens (including phenoxy) is 1. The van der Waals surface area contributed by atoms with E-state index in [0.717, 1.165) is 34.7 Å². The van der Waals surface area contributed by atoms with Gasteiger partial charge in [0.2, 0.25) is 0 Å². The maximum atomic E-state index is 12.4. The zero-order valence-corrected chi connectivity index (χ0v) is 19.6. The molecule has 1 aliphatic heterocycles. The predicted octanol–water partition coefficient (Wildman–Crippen LogP) is 4.36. The molecule has 1 atom stereocenters. The van der Waals surface area contributed by atoms with Gasteiger partial charge in [0.15, 0.2) is 5.65 Å². The van der Waals surface area contributed by atoms with E-state index in [2.05, 4.69) is 34.9 Å². The highest BCUT2D eigenvalue weighted by molar-refractivity contribution is 5.79. The van der Waals surface area contributed by atoms with Crippen LogP contribution in [0, 0.1) is 0 Å². The summed E-state index contributed by atoms with van der Waals surface area (Å²) in [6, 6.07) is 6.04. The van der Waals surface area contributed by atoms with Gasteiger partial charge in [-0.2, -0.15) is 5.10 Å². The number of rotatable bonds is 4. The molecular formula is C24H32N6O2. The van der Waals surface area contributed by atoms with Crippen LogP contribution in [0.4, 0.5) is 10.6 Å². The van der Waals surface area contributed by atoms with Crippen LogP contribution in [0.3, 0.4) is 0 Å². The van der Waals surface area contributed by atoms with Crippen LogP contribution in [0.2, 0.25) is 0 Å². The zero-order chi connectivity index (χ0) is 22.9. The Bertz CT molecular complexity index is 1100. The first kappa shape index (κ1) is 22.0. The van der Waals surface area contributed by atoms with Gasteiger partial charge in [0, 0.05) is 49.7 Å². The molecule has 0 bridgehead atoms. The highest BCUT2D eigenvalue weighted by atomic mass is 16.6. The molecule has 3 aromatic heterocycles. The number of fused-ring (bicyclic) bond motifs is 1. The number of hydrogen-bond acceptors (Lipinski definition) is 6. The van der Waals surface area contributed by atoms with Gasteiger partial charge < -0.3 is 14.5 Å². The molecule has 170 valence electrons. The average Bonchev–Trinajstić information content (AvgIpc) is 3.20. The van der Waals surface area contributed by atoms with E-state index < -0.39 is 5.60 Å². The van der Waals surface area contributed by atoms with Crippen molar-refractivity contribution in [3.8, 4) is 11.1 Å². The van der Waals surface area contributed by atoms with E-state index in [4.69, 9.17) is 9.72 Å². The molecule has 4 rings (SSSR count). The fourth-order valence-corrected chi connectivity index (χ4v) is 3.90. The van der Waals surface area contributed by atoms with Crippen LogP contribution in [-0.4, -0.2) is 62.4 Å².